The second-order valence-corrected chi connectivity index (χ2v) is 5.09. The van der Waals surface area contributed by atoms with Crippen molar-refractivity contribution in [3.8, 4) is 0 Å². The molecule has 3 rings (SSSR count). The predicted octanol–water partition coefficient (Wildman–Crippen LogP) is 2.35. The van der Waals surface area contributed by atoms with Gasteiger partial charge < -0.3 is 10.6 Å². The van der Waals surface area contributed by atoms with Gasteiger partial charge >= 0.3 is 0 Å². The van der Waals surface area contributed by atoms with E-state index in [1.165, 1.54) is 38.0 Å². The maximum atomic E-state index is 5.75. The molecule has 86 valence electrons. The Morgan fingerprint density at radius 1 is 1.19 bits per heavy atom. The monoisotopic (exact) mass is 216 g/mol. The van der Waals surface area contributed by atoms with E-state index >= 15 is 0 Å². The number of benzene rings is 1. The van der Waals surface area contributed by atoms with Gasteiger partial charge in [0.15, 0.2) is 0 Å². The molecule has 0 bridgehead atoms. The minimum atomic E-state index is 0.738. The van der Waals surface area contributed by atoms with E-state index in [0.717, 1.165) is 18.4 Å². The van der Waals surface area contributed by atoms with E-state index in [1.54, 1.807) is 5.56 Å². The molecule has 1 aromatic rings. The van der Waals surface area contributed by atoms with Crippen molar-refractivity contribution in [1.82, 2.24) is 0 Å². The number of rotatable bonds is 3. The Morgan fingerprint density at radius 3 is 2.62 bits per heavy atom. The van der Waals surface area contributed by atoms with Crippen LogP contribution in [0.25, 0.3) is 0 Å². The van der Waals surface area contributed by atoms with Gasteiger partial charge in [-0.3, -0.25) is 0 Å². The third kappa shape index (κ3) is 1.71. The first-order valence-corrected chi connectivity index (χ1v) is 6.44. The van der Waals surface area contributed by atoms with E-state index < -0.39 is 0 Å². The molecule has 1 aliphatic heterocycles. The van der Waals surface area contributed by atoms with Crippen LogP contribution in [-0.4, -0.2) is 19.6 Å². The Balaban J connectivity index is 1.86. The Morgan fingerprint density at radius 2 is 1.94 bits per heavy atom. The van der Waals surface area contributed by atoms with Crippen LogP contribution in [0.5, 0.6) is 0 Å². The van der Waals surface area contributed by atoms with Crippen molar-refractivity contribution in [2.24, 2.45) is 11.7 Å². The number of nitrogens with zero attached hydrogens (tertiary/aromatic N) is 1. The minimum Gasteiger partial charge on any atom is -0.371 e. The van der Waals surface area contributed by atoms with Crippen molar-refractivity contribution < 1.29 is 0 Å². The molecule has 1 saturated heterocycles. The zero-order chi connectivity index (χ0) is 11.0. The largest absolute Gasteiger partial charge is 0.371 e. The van der Waals surface area contributed by atoms with Crippen molar-refractivity contribution in [2.45, 2.75) is 25.2 Å². The number of nitrogens with two attached hydrogens (primary N) is 1. The summed E-state index contributed by atoms with van der Waals surface area (Å²) in [7, 11) is 0. The van der Waals surface area contributed by atoms with Crippen LogP contribution in [0.3, 0.4) is 0 Å². The normalized spacial score (nSPS) is 28.4. The highest BCUT2D eigenvalue weighted by atomic mass is 15.1. The molecule has 1 heterocycles. The smallest absolute Gasteiger partial charge is 0.0401 e. The lowest BCUT2D eigenvalue weighted by Crippen LogP contribution is -2.19. The predicted molar refractivity (Wildman–Crippen MR) is 67.8 cm³/mol. The fourth-order valence-corrected chi connectivity index (χ4v) is 2.94. The van der Waals surface area contributed by atoms with Gasteiger partial charge in [0.1, 0.15) is 0 Å². The lowest BCUT2D eigenvalue weighted by atomic mass is 10.1. The van der Waals surface area contributed by atoms with E-state index in [2.05, 4.69) is 29.2 Å². The first-order chi connectivity index (χ1) is 7.90. The number of hydrogen-bond donors (Lipinski definition) is 1. The molecule has 16 heavy (non-hydrogen) atoms. The molecule has 0 aromatic heterocycles. The third-order valence-electron chi connectivity index (χ3n) is 4.01. The second kappa shape index (κ2) is 4.10. The molecule has 1 aromatic carbocycles. The Kier molecular flexibility index (Phi) is 2.60. The molecular weight excluding hydrogens is 196 g/mol. The standard InChI is InChI=1S/C14H20N2/c15-10-11-9-13(11)12-5-1-2-6-14(12)16-7-3-4-8-16/h1-2,5-6,11,13H,3-4,7-10,15H2/t11-,13+/m0/s1. The maximum Gasteiger partial charge on any atom is 0.0401 e. The second-order valence-electron chi connectivity index (χ2n) is 5.09. The lowest BCUT2D eigenvalue weighted by Gasteiger charge is -2.21. The summed E-state index contributed by atoms with van der Waals surface area (Å²) in [5, 5.41) is 0. The molecule has 0 unspecified atom stereocenters. The zero-order valence-electron chi connectivity index (χ0n) is 9.73. The van der Waals surface area contributed by atoms with E-state index in [-0.39, 0.29) is 0 Å². The Labute approximate surface area is 97.4 Å². The van der Waals surface area contributed by atoms with Gasteiger partial charge in [-0.2, -0.15) is 0 Å². The van der Waals surface area contributed by atoms with Crippen LogP contribution in [0, 0.1) is 5.92 Å². The van der Waals surface area contributed by atoms with Crippen LogP contribution in [0.4, 0.5) is 5.69 Å². The highest BCUT2D eigenvalue weighted by molar-refractivity contribution is 5.57. The average Bonchev–Trinajstić information content (AvgIpc) is 2.93. The summed E-state index contributed by atoms with van der Waals surface area (Å²) < 4.78 is 0. The van der Waals surface area contributed by atoms with Gasteiger partial charge in [0.25, 0.3) is 0 Å². The first-order valence-electron chi connectivity index (χ1n) is 6.44. The number of hydrogen-bond acceptors (Lipinski definition) is 2. The van der Waals surface area contributed by atoms with Gasteiger partial charge in [-0.05, 0) is 49.3 Å². The van der Waals surface area contributed by atoms with Gasteiger partial charge in [0, 0.05) is 18.8 Å². The van der Waals surface area contributed by atoms with Crippen LogP contribution in [0.1, 0.15) is 30.7 Å². The molecule has 2 heteroatoms. The molecule has 2 nitrogen and oxygen atoms in total. The van der Waals surface area contributed by atoms with Crippen LogP contribution in [-0.2, 0) is 0 Å². The van der Waals surface area contributed by atoms with Gasteiger partial charge in [0.2, 0.25) is 0 Å². The maximum absolute atomic E-state index is 5.75. The summed E-state index contributed by atoms with van der Waals surface area (Å²) in [6.45, 7) is 3.31. The van der Waals surface area contributed by atoms with Gasteiger partial charge in [-0.25, -0.2) is 0 Å². The average molecular weight is 216 g/mol. The van der Waals surface area contributed by atoms with Crippen molar-refractivity contribution in [3.05, 3.63) is 29.8 Å². The SMILES string of the molecule is NC[C@@H]1C[C@H]1c1ccccc1N1CCCC1. The topological polar surface area (TPSA) is 29.3 Å². The lowest BCUT2D eigenvalue weighted by molar-refractivity contribution is 0.806. The van der Waals surface area contributed by atoms with E-state index in [4.69, 9.17) is 5.73 Å². The van der Waals surface area contributed by atoms with E-state index in [0.29, 0.717) is 0 Å². The van der Waals surface area contributed by atoms with Gasteiger partial charge in [-0.15, -0.1) is 0 Å². The summed E-state index contributed by atoms with van der Waals surface area (Å²) in [5.74, 6) is 1.48. The fraction of sp³-hybridized carbons (Fsp3) is 0.571. The molecule has 2 aliphatic rings. The van der Waals surface area contributed by atoms with Crippen molar-refractivity contribution in [3.63, 3.8) is 0 Å². The molecule has 2 atom stereocenters. The highest BCUT2D eigenvalue weighted by Gasteiger charge is 2.38. The summed E-state index contributed by atoms with van der Waals surface area (Å²) in [5.41, 5.74) is 8.77. The minimum absolute atomic E-state index is 0.738. The Bertz CT molecular complexity index is 369. The van der Waals surface area contributed by atoms with Crippen molar-refractivity contribution in [1.29, 1.82) is 0 Å². The summed E-state index contributed by atoms with van der Waals surface area (Å²) in [6.07, 6.45) is 3.99. The fourth-order valence-electron chi connectivity index (χ4n) is 2.94. The molecule has 2 fully saturated rings. The summed E-state index contributed by atoms with van der Waals surface area (Å²) in [4.78, 5) is 2.54. The van der Waals surface area contributed by atoms with Crippen LogP contribution < -0.4 is 10.6 Å². The van der Waals surface area contributed by atoms with Crippen molar-refractivity contribution in [2.75, 3.05) is 24.5 Å². The van der Waals surface area contributed by atoms with Crippen LogP contribution in [0.2, 0.25) is 0 Å². The van der Waals surface area contributed by atoms with Crippen molar-refractivity contribution >= 4 is 5.69 Å². The van der Waals surface area contributed by atoms with Crippen LogP contribution >= 0.6 is 0 Å². The molecule has 2 N–H and O–H groups in total. The number of anilines is 1. The highest BCUT2D eigenvalue weighted by Crippen LogP contribution is 2.49. The molecule has 0 radical (unpaired) electrons. The molecule has 0 amide bonds. The zero-order valence-corrected chi connectivity index (χ0v) is 9.73. The van der Waals surface area contributed by atoms with E-state index in [1.807, 2.05) is 0 Å². The third-order valence-corrected chi connectivity index (χ3v) is 4.01. The molecule has 1 aliphatic carbocycles. The summed E-state index contributed by atoms with van der Waals surface area (Å²) >= 11 is 0. The summed E-state index contributed by atoms with van der Waals surface area (Å²) in [6, 6.07) is 8.91. The molecule has 0 spiro atoms. The number of para-hydroxylation sites is 1. The van der Waals surface area contributed by atoms with Gasteiger partial charge in [-0.1, -0.05) is 18.2 Å². The first kappa shape index (κ1) is 10.2. The van der Waals surface area contributed by atoms with E-state index in [9.17, 15) is 0 Å². The molecular formula is C14H20N2. The molecule has 1 saturated carbocycles. The van der Waals surface area contributed by atoms with Crippen LogP contribution in [0.15, 0.2) is 24.3 Å². The van der Waals surface area contributed by atoms with Gasteiger partial charge in [0.05, 0.1) is 0 Å². The quantitative estimate of drug-likeness (QED) is 0.840. The Hall–Kier alpha value is -1.02.